The molecule has 1 saturated carbocycles. The molecule has 1 N–H and O–H groups in total. The number of carbonyl (C=O) groups excluding carboxylic acids is 1. The summed E-state index contributed by atoms with van der Waals surface area (Å²) in [5.41, 5.74) is 0. The number of nitrogens with zero attached hydrogens (tertiary/aromatic N) is 1. The quantitative estimate of drug-likeness (QED) is 0.906. The maximum Gasteiger partial charge on any atom is 0.307 e. The number of aryl methyl sites for hydroxylation is 1. The first-order valence-corrected chi connectivity index (χ1v) is 7.45. The standard InChI is InChI=1S/C16H23NO4/c1-4-11-7-13(14(8-11)16(19)20)15(18)17(3)9-12-6-5-10(2)21-12/h5-6,11,13-14H,4,7-9H2,1-3H3,(H,19,20)/t11?,13-,14+/m0/s1. The number of hydrogen-bond donors (Lipinski definition) is 1. The van der Waals surface area contributed by atoms with Gasteiger partial charge in [-0.05, 0) is 37.8 Å². The number of rotatable bonds is 5. The molecule has 0 spiro atoms. The second kappa shape index (κ2) is 6.33. The van der Waals surface area contributed by atoms with Gasteiger partial charge in [0.05, 0.1) is 18.4 Å². The Balaban J connectivity index is 2.05. The molecule has 1 aromatic heterocycles. The molecule has 0 radical (unpaired) electrons. The van der Waals surface area contributed by atoms with Crippen LogP contribution in [0, 0.1) is 24.7 Å². The van der Waals surface area contributed by atoms with Crippen molar-refractivity contribution in [2.45, 2.75) is 39.7 Å². The monoisotopic (exact) mass is 293 g/mol. The maximum atomic E-state index is 12.6. The van der Waals surface area contributed by atoms with E-state index in [9.17, 15) is 14.7 Å². The topological polar surface area (TPSA) is 70.8 Å². The van der Waals surface area contributed by atoms with Gasteiger partial charge >= 0.3 is 5.97 Å². The van der Waals surface area contributed by atoms with Gasteiger partial charge in [-0.3, -0.25) is 9.59 Å². The van der Waals surface area contributed by atoms with Gasteiger partial charge in [-0.1, -0.05) is 13.3 Å². The molecule has 5 nitrogen and oxygen atoms in total. The minimum atomic E-state index is -0.855. The van der Waals surface area contributed by atoms with Crippen molar-refractivity contribution in [3.05, 3.63) is 23.7 Å². The average Bonchev–Trinajstić information content (AvgIpc) is 3.04. The third kappa shape index (κ3) is 3.46. The van der Waals surface area contributed by atoms with Crippen molar-refractivity contribution >= 4 is 11.9 Å². The van der Waals surface area contributed by atoms with Crippen LogP contribution in [0.1, 0.15) is 37.7 Å². The van der Waals surface area contributed by atoms with Gasteiger partial charge in [0.1, 0.15) is 11.5 Å². The molecular formula is C16H23NO4. The van der Waals surface area contributed by atoms with Crippen LogP contribution in [-0.4, -0.2) is 28.9 Å². The Morgan fingerprint density at radius 1 is 1.33 bits per heavy atom. The van der Waals surface area contributed by atoms with Crippen LogP contribution in [0.25, 0.3) is 0 Å². The molecule has 5 heteroatoms. The van der Waals surface area contributed by atoms with E-state index in [1.54, 1.807) is 11.9 Å². The van der Waals surface area contributed by atoms with Gasteiger partial charge in [-0.25, -0.2) is 0 Å². The minimum absolute atomic E-state index is 0.0904. The summed E-state index contributed by atoms with van der Waals surface area (Å²) < 4.78 is 5.47. The predicted octanol–water partition coefficient (Wildman–Crippen LogP) is 2.68. The van der Waals surface area contributed by atoms with Crippen molar-refractivity contribution in [2.75, 3.05) is 7.05 Å². The molecular weight excluding hydrogens is 270 g/mol. The minimum Gasteiger partial charge on any atom is -0.481 e. The SMILES string of the molecule is CCC1C[C@H](C(=O)N(C)Cc2ccc(C)o2)[C@H](C(=O)O)C1. The highest BCUT2D eigenvalue weighted by molar-refractivity contribution is 5.85. The van der Waals surface area contributed by atoms with E-state index in [0.717, 1.165) is 17.9 Å². The van der Waals surface area contributed by atoms with Crippen molar-refractivity contribution in [3.63, 3.8) is 0 Å². The summed E-state index contributed by atoms with van der Waals surface area (Å²) in [5.74, 6) is -0.0450. The second-order valence-electron chi connectivity index (χ2n) is 6.00. The lowest BCUT2D eigenvalue weighted by molar-refractivity contribution is -0.148. The van der Waals surface area contributed by atoms with Crippen molar-refractivity contribution in [1.29, 1.82) is 0 Å². The van der Waals surface area contributed by atoms with Crippen LogP contribution in [0.5, 0.6) is 0 Å². The van der Waals surface area contributed by atoms with Gasteiger partial charge in [-0.2, -0.15) is 0 Å². The zero-order chi connectivity index (χ0) is 15.6. The fourth-order valence-electron chi connectivity index (χ4n) is 3.19. The van der Waals surface area contributed by atoms with Crippen molar-refractivity contribution in [1.82, 2.24) is 4.90 Å². The number of carboxylic acid groups (broad SMARTS) is 1. The van der Waals surface area contributed by atoms with Crippen molar-refractivity contribution in [2.24, 2.45) is 17.8 Å². The summed E-state index contributed by atoms with van der Waals surface area (Å²) >= 11 is 0. The van der Waals surface area contributed by atoms with Gasteiger partial charge in [-0.15, -0.1) is 0 Å². The van der Waals surface area contributed by atoms with E-state index in [-0.39, 0.29) is 5.91 Å². The van der Waals surface area contributed by atoms with E-state index in [2.05, 4.69) is 0 Å². The third-order valence-corrected chi connectivity index (χ3v) is 4.44. The molecule has 21 heavy (non-hydrogen) atoms. The molecule has 1 heterocycles. The molecule has 1 amide bonds. The van der Waals surface area contributed by atoms with Gasteiger partial charge in [0.25, 0.3) is 0 Å². The smallest absolute Gasteiger partial charge is 0.307 e. The summed E-state index contributed by atoms with van der Waals surface area (Å²) in [6.45, 7) is 4.28. The normalized spacial score (nSPS) is 25.0. The number of furan rings is 1. The highest BCUT2D eigenvalue weighted by Crippen LogP contribution is 2.39. The second-order valence-corrected chi connectivity index (χ2v) is 6.00. The molecule has 0 aromatic carbocycles. The van der Waals surface area contributed by atoms with E-state index in [4.69, 9.17) is 4.42 Å². The van der Waals surface area contributed by atoms with Crippen molar-refractivity contribution in [3.8, 4) is 0 Å². The Kier molecular flexibility index (Phi) is 4.70. The zero-order valence-corrected chi connectivity index (χ0v) is 12.8. The van der Waals surface area contributed by atoms with E-state index in [1.807, 2.05) is 26.0 Å². The molecule has 116 valence electrons. The number of hydrogen-bond acceptors (Lipinski definition) is 3. The molecule has 1 aromatic rings. The fourth-order valence-corrected chi connectivity index (χ4v) is 3.19. The molecule has 1 aliphatic rings. The molecule has 1 aliphatic carbocycles. The first-order chi connectivity index (χ1) is 9.92. The zero-order valence-electron chi connectivity index (χ0n) is 12.8. The summed E-state index contributed by atoms with van der Waals surface area (Å²) in [6.07, 6.45) is 2.21. The van der Waals surface area contributed by atoms with Crippen LogP contribution in [0.4, 0.5) is 0 Å². The first kappa shape index (κ1) is 15.6. The lowest BCUT2D eigenvalue weighted by atomic mass is 9.95. The maximum absolute atomic E-state index is 12.6. The van der Waals surface area contributed by atoms with E-state index < -0.39 is 17.8 Å². The van der Waals surface area contributed by atoms with Crippen LogP contribution in [0.15, 0.2) is 16.5 Å². The summed E-state index contributed by atoms with van der Waals surface area (Å²) in [6, 6.07) is 3.70. The Labute approximate surface area is 124 Å². The molecule has 2 rings (SSSR count). The average molecular weight is 293 g/mol. The summed E-state index contributed by atoms with van der Waals surface area (Å²) in [5, 5.41) is 9.33. The van der Waals surface area contributed by atoms with E-state index in [0.29, 0.717) is 25.3 Å². The van der Waals surface area contributed by atoms with Crippen LogP contribution in [0.2, 0.25) is 0 Å². The highest BCUT2D eigenvalue weighted by Gasteiger charge is 2.43. The Morgan fingerprint density at radius 2 is 2.00 bits per heavy atom. The molecule has 0 aliphatic heterocycles. The first-order valence-electron chi connectivity index (χ1n) is 7.45. The van der Waals surface area contributed by atoms with Gasteiger partial charge in [0, 0.05) is 7.05 Å². The van der Waals surface area contributed by atoms with E-state index in [1.165, 1.54) is 0 Å². The molecule has 0 saturated heterocycles. The van der Waals surface area contributed by atoms with E-state index >= 15 is 0 Å². The Morgan fingerprint density at radius 3 is 2.52 bits per heavy atom. The molecule has 0 bridgehead atoms. The lowest BCUT2D eigenvalue weighted by Gasteiger charge is -2.22. The molecule has 1 fully saturated rings. The van der Waals surface area contributed by atoms with Gasteiger partial charge in [0.2, 0.25) is 5.91 Å². The number of carboxylic acids is 1. The van der Waals surface area contributed by atoms with Crippen LogP contribution in [-0.2, 0) is 16.1 Å². The summed E-state index contributed by atoms with van der Waals surface area (Å²) in [4.78, 5) is 25.5. The Bertz CT molecular complexity index is 522. The fraction of sp³-hybridized carbons (Fsp3) is 0.625. The predicted molar refractivity (Wildman–Crippen MR) is 77.5 cm³/mol. The lowest BCUT2D eigenvalue weighted by Crippen LogP contribution is -2.36. The number of amides is 1. The van der Waals surface area contributed by atoms with Gasteiger partial charge < -0.3 is 14.4 Å². The number of carbonyl (C=O) groups is 2. The Hall–Kier alpha value is -1.78. The van der Waals surface area contributed by atoms with Crippen LogP contribution < -0.4 is 0 Å². The summed E-state index contributed by atoms with van der Waals surface area (Å²) in [7, 11) is 1.71. The van der Waals surface area contributed by atoms with Crippen LogP contribution in [0.3, 0.4) is 0 Å². The van der Waals surface area contributed by atoms with Crippen molar-refractivity contribution < 1.29 is 19.1 Å². The molecule has 3 atom stereocenters. The largest absolute Gasteiger partial charge is 0.481 e. The molecule has 1 unspecified atom stereocenters. The third-order valence-electron chi connectivity index (χ3n) is 4.44. The van der Waals surface area contributed by atoms with Gasteiger partial charge in [0.15, 0.2) is 0 Å². The van der Waals surface area contributed by atoms with Crippen LogP contribution >= 0.6 is 0 Å². The highest BCUT2D eigenvalue weighted by atomic mass is 16.4. The number of aliphatic carboxylic acids is 1.